The number of piperidine rings is 1. The molecule has 2 aromatic heterocycles. The summed E-state index contributed by atoms with van der Waals surface area (Å²) < 4.78 is 12.7. The smallest absolute Gasteiger partial charge is 0.410 e. The van der Waals surface area contributed by atoms with E-state index in [9.17, 15) is 19.8 Å². The fourth-order valence-corrected chi connectivity index (χ4v) is 5.43. The quantitative estimate of drug-likeness (QED) is 0.296. The van der Waals surface area contributed by atoms with Gasteiger partial charge in [0.25, 0.3) is 5.91 Å². The van der Waals surface area contributed by atoms with Crippen LogP contribution in [0.1, 0.15) is 50.2 Å². The lowest BCUT2D eigenvalue weighted by atomic mass is 9.91. The van der Waals surface area contributed by atoms with Crippen molar-refractivity contribution >= 4 is 29.0 Å². The molecule has 5 rings (SSSR count). The minimum atomic E-state index is -1.40. The van der Waals surface area contributed by atoms with E-state index < -0.39 is 30.4 Å². The SMILES string of the molecule is CCNC(=O)[C@H]1O[C@@H](n2cnc3c(N)nc(CCCC4CCN(C(=O)OCc5ccccc5)CC4)nc32)[C@@H](O)C1O. The Kier molecular flexibility index (Phi) is 8.96. The van der Waals surface area contributed by atoms with Gasteiger partial charge in [0.1, 0.15) is 30.2 Å². The lowest BCUT2D eigenvalue weighted by molar-refractivity contribution is -0.137. The van der Waals surface area contributed by atoms with Crippen molar-refractivity contribution in [1.82, 2.24) is 29.7 Å². The number of nitrogens with two attached hydrogens (primary N) is 1. The van der Waals surface area contributed by atoms with Crippen molar-refractivity contribution in [3.63, 3.8) is 0 Å². The van der Waals surface area contributed by atoms with Crippen LogP contribution in [0.2, 0.25) is 0 Å². The Morgan fingerprint density at radius 3 is 2.63 bits per heavy atom. The van der Waals surface area contributed by atoms with Crippen LogP contribution in [0.3, 0.4) is 0 Å². The maximum absolute atomic E-state index is 12.4. The number of nitrogens with one attached hydrogen (secondary N) is 1. The van der Waals surface area contributed by atoms with Crippen LogP contribution in [0.15, 0.2) is 36.7 Å². The predicted octanol–water partition coefficient (Wildman–Crippen LogP) is 1.54. The van der Waals surface area contributed by atoms with Gasteiger partial charge < -0.3 is 35.6 Å². The number of nitrogens with zero attached hydrogens (tertiary/aromatic N) is 5. The van der Waals surface area contributed by atoms with Crippen LogP contribution < -0.4 is 11.1 Å². The molecular weight excluding hydrogens is 530 g/mol. The number of imidazole rings is 1. The van der Waals surface area contributed by atoms with E-state index in [4.69, 9.17) is 15.2 Å². The lowest BCUT2D eigenvalue weighted by Gasteiger charge is -2.31. The van der Waals surface area contributed by atoms with Crippen molar-refractivity contribution in [2.24, 2.45) is 5.92 Å². The molecule has 1 aromatic carbocycles. The number of aliphatic hydroxyl groups is 2. The number of fused-ring (bicyclic) bond motifs is 1. The molecular formula is C28H37N7O6. The van der Waals surface area contributed by atoms with Crippen LogP contribution in [0.5, 0.6) is 0 Å². The number of anilines is 1. The molecule has 3 aromatic rings. The molecule has 2 fully saturated rings. The summed E-state index contributed by atoms with van der Waals surface area (Å²) in [6, 6.07) is 9.64. The van der Waals surface area contributed by atoms with Crippen molar-refractivity contribution in [2.45, 2.75) is 70.2 Å². The highest BCUT2D eigenvalue weighted by atomic mass is 16.6. The molecule has 220 valence electrons. The summed E-state index contributed by atoms with van der Waals surface area (Å²) in [6.07, 6.45) is 0.284. The summed E-state index contributed by atoms with van der Waals surface area (Å²) in [4.78, 5) is 39.8. The van der Waals surface area contributed by atoms with Crippen molar-refractivity contribution < 1.29 is 29.3 Å². The Hall–Kier alpha value is -3.81. The number of aliphatic hydroxyl groups excluding tert-OH is 2. The number of benzene rings is 1. The second kappa shape index (κ2) is 12.8. The van der Waals surface area contributed by atoms with Gasteiger partial charge >= 0.3 is 6.09 Å². The van der Waals surface area contributed by atoms with Gasteiger partial charge in [0, 0.05) is 26.1 Å². The van der Waals surface area contributed by atoms with Crippen LogP contribution in [0, 0.1) is 5.92 Å². The minimum Gasteiger partial charge on any atom is -0.445 e. The monoisotopic (exact) mass is 567 g/mol. The van der Waals surface area contributed by atoms with E-state index in [1.807, 2.05) is 30.3 Å². The highest BCUT2D eigenvalue weighted by Crippen LogP contribution is 2.32. The third-order valence-electron chi connectivity index (χ3n) is 7.71. The van der Waals surface area contributed by atoms with Crippen LogP contribution in [0.25, 0.3) is 11.2 Å². The number of carbonyl (C=O) groups is 2. The van der Waals surface area contributed by atoms with Crippen molar-refractivity contribution in [2.75, 3.05) is 25.4 Å². The summed E-state index contributed by atoms with van der Waals surface area (Å²) in [5, 5.41) is 23.6. The molecule has 2 aliphatic rings. The van der Waals surface area contributed by atoms with E-state index in [0.29, 0.717) is 49.0 Å². The van der Waals surface area contributed by atoms with Gasteiger partial charge in [0.2, 0.25) is 0 Å². The number of likely N-dealkylation sites (N-methyl/N-ethyl adjacent to an activating group) is 1. The first-order valence-corrected chi connectivity index (χ1v) is 14.1. The van der Waals surface area contributed by atoms with Crippen molar-refractivity contribution in [3.05, 3.63) is 48.0 Å². The van der Waals surface area contributed by atoms with E-state index in [-0.39, 0.29) is 18.5 Å². The standard InChI is InChI=1S/C28H37N7O6/c1-2-30-26(38)23-21(36)22(37)27(41-23)35-16-31-20-24(29)32-19(33-25(20)35)10-6-9-17-11-13-34(14-12-17)28(39)40-15-18-7-4-3-5-8-18/h3-5,7-8,16-17,21-23,27,36-37H,2,6,9-15H2,1H3,(H,30,38)(H2,29,32,33)/t21?,22-,23-,27+/m0/s1. The van der Waals surface area contributed by atoms with Gasteiger partial charge in [0.15, 0.2) is 23.8 Å². The molecule has 0 radical (unpaired) electrons. The fraction of sp³-hybridized carbons (Fsp3) is 0.536. The van der Waals surface area contributed by atoms with Gasteiger partial charge in [-0.1, -0.05) is 30.3 Å². The van der Waals surface area contributed by atoms with E-state index in [1.54, 1.807) is 11.8 Å². The number of ether oxygens (including phenoxy) is 2. The second-order valence-corrected chi connectivity index (χ2v) is 10.5. The van der Waals surface area contributed by atoms with Gasteiger partial charge in [0.05, 0.1) is 6.33 Å². The van der Waals surface area contributed by atoms with Gasteiger partial charge in [-0.15, -0.1) is 0 Å². The highest BCUT2D eigenvalue weighted by molar-refractivity contribution is 5.83. The summed E-state index contributed by atoms with van der Waals surface area (Å²) in [7, 11) is 0. The first-order valence-electron chi connectivity index (χ1n) is 14.1. The maximum Gasteiger partial charge on any atom is 0.410 e. The molecule has 13 nitrogen and oxygen atoms in total. The van der Waals surface area contributed by atoms with E-state index >= 15 is 0 Å². The van der Waals surface area contributed by atoms with Gasteiger partial charge in [-0.25, -0.2) is 19.7 Å². The first kappa shape index (κ1) is 28.7. The third kappa shape index (κ3) is 6.42. The molecule has 13 heteroatoms. The Morgan fingerprint density at radius 2 is 1.90 bits per heavy atom. The van der Waals surface area contributed by atoms with Crippen LogP contribution in [0.4, 0.5) is 10.6 Å². The lowest BCUT2D eigenvalue weighted by Crippen LogP contribution is -2.42. The minimum absolute atomic E-state index is 0.208. The van der Waals surface area contributed by atoms with Gasteiger partial charge in [-0.05, 0) is 44.1 Å². The molecule has 0 spiro atoms. The van der Waals surface area contributed by atoms with Crippen molar-refractivity contribution in [1.29, 1.82) is 0 Å². The fourth-order valence-electron chi connectivity index (χ4n) is 5.43. The third-order valence-corrected chi connectivity index (χ3v) is 7.71. The summed E-state index contributed by atoms with van der Waals surface area (Å²) in [5.74, 6) is 0.719. The number of rotatable bonds is 9. The molecule has 5 N–H and O–H groups in total. The largest absolute Gasteiger partial charge is 0.445 e. The number of aryl methyl sites for hydroxylation is 1. The maximum atomic E-state index is 12.4. The van der Waals surface area contributed by atoms with E-state index in [2.05, 4.69) is 20.3 Å². The summed E-state index contributed by atoms with van der Waals surface area (Å²) >= 11 is 0. The average molecular weight is 568 g/mol. The predicted molar refractivity (Wildman–Crippen MR) is 148 cm³/mol. The molecule has 4 heterocycles. The molecule has 0 aliphatic carbocycles. The van der Waals surface area contributed by atoms with Crippen LogP contribution in [-0.4, -0.2) is 84.6 Å². The normalized spacial score (nSPS) is 23.1. The van der Waals surface area contributed by atoms with Gasteiger partial charge in [-0.2, -0.15) is 0 Å². The highest BCUT2D eigenvalue weighted by Gasteiger charge is 2.47. The van der Waals surface area contributed by atoms with Crippen LogP contribution >= 0.6 is 0 Å². The molecule has 2 amide bonds. The Balaban J connectivity index is 1.14. The Labute approximate surface area is 237 Å². The Morgan fingerprint density at radius 1 is 1.15 bits per heavy atom. The molecule has 2 aliphatic heterocycles. The number of likely N-dealkylation sites (tertiary alicyclic amines) is 1. The molecule has 0 bridgehead atoms. The van der Waals surface area contributed by atoms with E-state index in [1.165, 1.54) is 10.9 Å². The van der Waals surface area contributed by atoms with Crippen LogP contribution in [-0.2, 0) is 27.3 Å². The first-order chi connectivity index (χ1) is 19.9. The topological polar surface area (TPSA) is 178 Å². The zero-order valence-electron chi connectivity index (χ0n) is 23.1. The number of nitrogen functional groups attached to an aromatic ring is 1. The molecule has 4 atom stereocenters. The molecule has 1 unspecified atom stereocenters. The van der Waals surface area contributed by atoms with Gasteiger partial charge in [-0.3, -0.25) is 9.36 Å². The second-order valence-electron chi connectivity index (χ2n) is 10.5. The van der Waals surface area contributed by atoms with E-state index in [0.717, 1.165) is 31.2 Å². The zero-order valence-corrected chi connectivity index (χ0v) is 23.1. The number of hydrogen-bond donors (Lipinski definition) is 4. The molecule has 0 saturated carbocycles. The summed E-state index contributed by atoms with van der Waals surface area (Å²) in [6.45, 7) is 3.73. The number of aromatic nitrogens is 4. The molecule has 2 saturated heterocycles. The van der Waals surface area contributed by atoms with Crippen molar-refractivity contribution in [3.8, 4) is 0 Å². The molecule has 41 heavy (non-hydrogen) atoms. The number of amides is 2. The average Bonchev–Trinajstić information content (AvgIpc) is 3.53. The zero-order chi connectivity index (χ0) is 28.9. The number of hydrogen-bond acceptors (Lipinski definition) is 10. The Bertz CT molecular complexity index is 1340. The summed E-state index contributed by atoms with van der Waals surface area (Å²) in [5.41, 5.74) is 7.86. The number of carbonyl (C=O) groups excluding carboxylic acids is 2.